The highest BCUT2D eigenvalue weighted by Gasteiger charge is 2.13. The van der Waals surface area contributed by atoms with Crippen LogP contribution >= 0.6 is 7.82 Å². The van der Waals surface area contributed by atoms with Crippen LogP contribution in [0.15, 0.2) is 72.8 Å². The Kier molecular flexibility index (Phi) is 9.90. The number of unbranched alkanes of at least 4 members (excludes halogenated alkanes) is 4. The normalized spacial score (nSPS) is 11.6. The van der Waals surface area contributed by atoms with Gasteiger partial charge < -0.3 is 9.79 Å². The Bertz CT molecular complexity index is 1030. The second kappa shape index (κ2) is 12.9. The second-order valence-electron chi connectivity index (χ2n) is 8.53. The molecule has 0 spiro atoms. The highest BCUT2D eigenvalue weighted by atomic mass is 31.2. The Balaban J connectivity index is 1.74. The number of rotatable bonds is 13. The topological polar surface area (TPSA) is 66.8 Å². The first-order valence-corrected chi connectivity index (χ1v) is 13.5. The highest BCUT2D eigenvalue weighted by molar-refractivity contribution is 7.46. The molecule has 0 bridgehead atoms. The lowest BCUT2D eigenvalue weighted by atomic mass is 9.91. The molecule has 0 unspecified atom stereocenters. The summed E-state index contributed by atoms with van der Waals surface area (Å²) in [7, 11) is -4.38. The summed E-state index contributed by atoms with van der Waals surface area (Å²) in [5.74, 6) is 0. The van der Waals surface area contributed by atoms with Crippen LogP contribution in [0.5, 0.6) is 0 Å². The van der Waals surface area contributed by atoms with Crippen molar-refractivity contribution >= 4 is 7.82 Å². The largest absolute Gasteiger partial charge is 0.469 e. The van der Waals surface area contributed by atoms with E-state index in [9.17, 15) is 4.57 Å². The van der Waals surface area contributed by atoms with Crippen LogP contribution in [0.25, 0.3) is 22.3 Å². The Morgan fingerprint density at radius 1 is 0.697 bits per heavy atom. The fraction of sp³-hybridized carbons (Fsp3) is 0.357. The summed E-state index contributed by atoms with van der Waals surface area (Å²) in [4.78, 5) is 17.6. The van der Waals surface area contributed by atoms with E-state index in [1.54, 1.807) is 0 Å². The SMILES string of the molecule is CCCCCCc1ccc(-c2ccc(CCCCOP(=O)(O)O)cc2-c2ccccc2)cc1. The molecule has 3 rings (SSSR count). The van der Waals surface area contributed by atoms with Crippen LogP contribution in [0.3, 0.4) is 0 Å². The molecule has 33 heavy (non-hydrogen) atoms. The van der Waals surface area contributed by atoms with Gasteiger partial charge in [-0.15, -0.1) is 0 Å². The summed E-state index contributed by atoms with van der Waals surface area (Å²) in [6.07, 6.45) is 8.49. The van der Waals surface area contributed by atoms with Crippen molar-refractivity contribution in [2.45, 2.75) is 58.3 Å². The molecule has 5 heteroatoms. The lowest BCUT2D eigenvalue weighted by Crippen LogP contribution is -1.95. The lowest BCUT2D eigenvalue weighted by molar-refractivity contribution is 0.194. The Labute approximate surface area is 197 Å². The standard InChI is InChI=1S/C28H35O4P/c1-2-3-4-6-11-23-15-18-26(19-16-23)27-20-17-24(12-9-10-21-32-33(29,30)31)22-28(27)25-13-7-5-8-14-25/h5,7-8,13-20,22H,2-4,6,9-12,21H2,1H3,(H2,29,30,31). The molecular weight excluding hydrogens is 431 g/mol. The van der Waals surface area contributed by atoms with Gasteiger partial charge in [0.25, 0.3) is 0 Å². The van der Waals surface area contributed by atoms with Crippen molar-refractivity contribution in [2.24, 2.45) is 0 Å². The summed E-state index contributed by atoms with van der Waals surface area (Å²) in [5.41, 5.74) is 7.42. The summed E-state index contributed by atoms with van der Waals surface area (Å²) in [6.45, 7) is 2.31. The summed E-state index contributed by atoms with van der Waals surface area (Å²) < 4.78 is 15.4. The summed E-state index contributed by atoms with van der Waals surface area (Å²) in [6, 6.07) is 26.0. The van der Waals surface area contributed by atoms with Crippen molar-refractivity contribution in [3.8, 4) is 22.3 Å². The van der Waals surface area contributed by atoms with E-state index in [2.05, 4.69) is 78.2 Å². The van der Waals surface area contributed by atoms with Crippen molar-refractivity contribution in [2.75, 3.05) is 6.61 Å². The maximum Gasteiger partial charge on any atom is 0.469 e. The van der Waals surface area contributed by atoms with Crippen molar-refractivity contribution in [1.82, 2.24) is 0 Å². The average molecular weight is 467 g/mol. The van der Waals surface area contributed by atoms with Crippen LogP contribution in [0.2, 0.25) is 0 Å². The number of hydrogen-bond donors (Lipinski definition) is 2. The van der Waals surface area contributed by atoms with E-state index < -0.39 is 7.82 Å². The molecular formula is C28H35O4P. The zero-order valence-electron chi connectivity index (χ0n) is 19.5. The molecule has 0 aliphatic heterocycles. The molecule has 2 N–H and O–H groups in total. The van der Waals surface area contributed by atoms with Gasteiger partial charge in [-0.05, 0) is 65.5 Å². The monoisotopic (exact) mass is 466 g/mol. The van der Waals surface area contributed by atoms with Gasteiger partial charge in [0, 0.05) is 0 Å². The molecule has 0 saturated heterocycles. The smallest absolute Gasteiger partial charge is 0.303 e. The molecule has 0 aromatic heterocycles. The van der Waals surface area contributed by atoms with E-state index >= 15 is 0 Å². The fourth-order valence-electron chi connectivity index (χ4n) is 4.08. The third-order valence-electron chi connectivity index (χ3n) is 5.87. The molecule has 3 aromatic rings. The van der Waals surface area contributed by atoms with Gasteiger partial charge in [-0.1, -0.05) is 99.0 Å². The first-order chi connectivity index (χ1) is 16.0. The predicted molar refractivity (Wildman–Crippen MR) is 136 cm³/mol. The van der Waals surface area contributed by atoms with Gasteiger partial charge in [0.2, 0.25) is 0 Å². The van der Waals surface area contributed by atoms with Crippen LogP contribution in [-0.2, 0) is 21.9 Å². The summed E-state index contributed by atoms with van der Waals surface area (Å²) >= 11 is 0. The number of benzene rings is 3. The minimum Gasteiger partial charge on any atom is -0.303 e. The first kappa shape index (κ1) is 25.4. The maximum absolute atomic E-state index is 10.8. The molecule has 0 saturated carbocycles. The first-order valence-electron chi connectivity index (χ1n) is 11.9. The third-order valence-corrected chi connectivity index (χ3v) is 6.39. The number of phosphoric acid groups is 1. The molecule has 0 atom stereocenters. The van der Waals surface area contributed by atoms with Crippen molar-refractivity contribution < 1.29 is 18.9 Å². The van der Waals surface area contributed by atoms with Gasteiger partial charge in [-0.3, -0.25) is 4.52 Å². The fourth-order valence-corrected chi connectivity index (χ4v) is 4.44. The van der Waals surface area contributed by atoms with Gasteiger partial charge in [-0.25, -0.2) is 4.57 Å². The highest BCUT2D eigenvalue weighted by Crippen LogP contribution is 2.36. The van der Waals surface area contributed by atoms with E-state index in [0.29, 0.717) is 6.42 Å². The predicted octanol–water partition coefficient (Wildman–Crippen LogP) is 7.58. The van der Waals surface area contributed by atoms with Gasteiger partial charge in [0.1, 0.15) is 0 Å². The number of phosphoric ester groups is 1. The van der Waals surface area contributed by atoms with Gasteiger partial charge in [0.15, 0.2) is 0 Å². The van der Waals surface area contributed by atoms with E-state index in [1.165, 1.54) is 59.1 Å². The van der Waals surface area contributed by atoms with Crippen LogP contribution in [0, 0.1) is 0 Å². The molecule has 0 aliphatic rings. The van der Waals surface area contributed by atoms with E-state index in [4.69, 9.17) is 9.79 Å². The van der Waals surface area contributed by atoms with Crippen molar-refractivity contribution in [3.05, 3.63) is 83.9 Å². The molecule has 176 valence electrons. The lowest BCUT2D eigenvalue weighted by Gasteiger charge is -2.14. The Morgan fingerprint density at radius 2 is 1.33 bits per heavy atom. The van der Waals surface area contributed by atoms with Crippen molar-refractivity contribution in [3.63, 3.8) is 0 Å². The minimum atomic E-state index is -4.38. The number of aryl methyl sites for hydroxylation is 2. The molecule has 3 aromatic carbocycles. The molecule has 0 aliphatic carbocycles. The Morgan fingerprint density at radius 3 is 2.03 bits per heavy atom. The van der Waals surface area contributed by atoms with Gasteiger partial charge >= 0.3 is 7.82 Å². The zero-order chi connectivity index (χ0) is 23.5. The van der Waals surface area contributed by atoms with Gasteiger partial charge in [0.05, 0.1) is 6.61 Å². The average Bonchev–Trinajstić information content (AvgIpc) is 2.82. The Hall–Kier alpha value is -2.23. The van der Waals surface area contributed by atoms with E-state index in [-0.39, 0.29) is 6.61 Å². The summed E-state index contributed by atoms with van der Waals surface area (Å²) in [5, 5.41) is 0. The van der Waals surface area contributed by atoms with Crippen LogP contribution in [0.1, 0.15) is 56.6 Å². The second-order valence-corrected chi connectivity index (χ2v) is 9.77. The van der Waals surface area contributed by atoms with Crippen molar-refractivity contribution in [1.29, 1.82) is 0 Å². The molecule has 0 amide bonds. The number of hydrogen-bond acceptors (Lipinski definition) is 2. The van der Waals surface area contributed by atoms with E-state index in [1.807, 2.05) is 6.07 Å². The maximum atomic E-state index is 10.8. The van der Waals surface area contributed by atoms with Crippen LogP contribution in [0.4, 0.5) is 0 Å². The minimum absolute atomic E-state index is 0.0682. The van der Waals surface area contributed by atoms with Crippen LogP contribution < -0.4 is 0 Å². The third kappa shape index (κ3) is 8.57. The molecule has 0 radical (unpaired) electrons. The van der Waals surface area contributed by atoms with E-state index in [0.717, 1.165) is 19.3 Å². The quantitative estimate of drug-likeness (QED) is 0.201. The molecule has 0 fully saturated rings. The zero-order valence-corrected chi connectivity index (χ0v) is 20.3. The van der Waals surface area contributed by atoms with Crippen LogP contribution in [-0.4, -0.2) is 16.4 Å². The molecule has 4 nitrogen and oxygen atoms in total. The van der Waals surface area contributed by atoms with Gasteiger partial charge in [-0.2, -0.15) is 0 Å². The molecule has 0 heterocycles.